The molecule has 2 N–H and O–H groups in total. The van der Waals surface area contributed by atoms with E-state index >= 15 is 0 Å². The molecule has 1 aromatic rings. The minimum atomic E-state index is 0.194. The van der Waals surface area contributed by atoms with Crippen LogP contribution in [0.25, 0.3) is 0 Å². The summed E-state index contributed by atoms with van der Waals surface area (Å²) >= 11 is 1.97. The monoisotopic (exact) mass is 294 g/mol. The van der Waals surface area contributed by atoms with Crippen LogP contribution in [-0.2, 0) is 4.79 Å². The molecule has 1 atom stereocenters. The molecule has 1 amide bonds. The molecule has 1 unspecified atom stereocenters. The highest BCUT2D eigenvalue weighted by molar-refractivity contribution is 8.00. The second-order valence-electron chi connectivity index (χ2n) is 4.91. The predicted octanol–water partition coefficient (Wildman–Crippen LogP) is 2.39. The van der Waals surface area contributed by atoms with Crippen molar-refractivity contribution in [2.24, 2.45) is 0 Å². The van der Waals surface area contributed by atoms with Crippen LogP contribution in [0.4, 0.5) is 5.69 Å². The molecule has 1 fully saturated rings. The molecule has 5 heteroatoms. The van der Waals surface area contributed by atoms with E-state index in [1.165, 1.54) is 0 Å². The number of nitrogens with two attached hydrogens (primary N) is 1. The van der Waals surface area contributed by atoms with Gasteiger partial charge in [0.2, 0.25) is 5.91 Å². The number of hydrogen-bond donors (Lipinski definition) is 1. The van der Waals surface area contributed by atoms with E-state index in [0.717, 1.165) is 31.0 Å². The van der Waals surface area contributed by atoms with Crippen molar-refractivity contribution in [2.45, 2.75) is 25.0 Å². The maximum Gasteiger partial charge on any atom is 0.226 e. The van der Waals surface area contributed by atoms with E-state index in [0.29, 0.717) is 24.0 Å². The molecule has 1 aliphatic rings. The molecule has 0 spiro atoms. The number of nitrogen functional groups attached to an aromatic ring is 1. The number of carbonyl (C=O) groups excluding carboxylic acids is 1. The Balaban J connectivity index is 1.73. The van der Waals surface area contributed by atoms with Gasteiger partial charge in [-0.25, -0.2) is 0 Å². The van der Waals surface area contributed by atoms with Gasteiger partial charge in [0.15, 0.2) is 0 Å². The van der Waals surface area contributed by atoms with Gasteiger partial charge in [0.1, 0.15) is 5.75 Å². The summed E-state index contributed by atoms with van der Waals surface area (Å²) in [5.74, 6) is 2.00. The van der Waals surface area contributed by atoms with Crippen molar-refractivity contribution < 1.29 is 9.53 Å². The maximum absolute atomic E-state index is 12.1. The van der Waals surface area contributed by atoms with Crippen molar-refractivity contribution in [2.75, 3.05) is 31.2 Å². The molecule has 0 bridgehead atoms. The maximum atomic E-state index is 12.1. The van der Waals surface area contributed by atoms with Gasteiger partial charge < -0.3 is 15.4 Å². The lowest BCUT2D eigenvalue weighted by molar-refractivity contribution is -0.131. The Morgan fingerprint density at radius 3 is 2.90 bits per heavy atom. The first-order chi connectivity index (χ1) is 9.69. The van der Waals surface area contributed by atoms with E-state index in [1.807, 2.05) is 28.8 Å². The summed E-state index contributed by atoms with van der Waals surface area (Å²) in [4.78, 5) is 14.1. The number of hydrogen-bond acceptors (Lipinski definition) is 4. The first kappa shape index (κ1) is 15.0. The van der Waals surface area contributed by atoms with Gasteiger partial charge in [-0.3, -0.25) is 4.79 Å². The molecule has 1 aliphatic heterocycles. The van der Waals surface area contributed by atoms with Gasteiger partial charge >= 0.3 is 0 Å². The molecular weight excluding hydrogens is 272 g/mol. The number of benzene rings is 1. The lowest BCUT2D eigenvalue weighted by atomic mass is 10.2. The molecule has 4 nitrogen and oxygen atoms in total. The van der Waals surface area contributed by atoms with Crippen LogP contribution in [0, 0.1) is 0 Å². The van der Waals surface area contributed by atoms with E-state index in [9.17, 15) is 4.79 Å². The molecular formula is C15H22N2O2S. The average molecular weight is 294 g/mol. The molecule has 2 rings (SSSR count). The first-order valence-electron chi connectivity index (χ1n) is 7.06. The van der Waals surface area contributed by atoms with Crippen LogP contribution in [0.5, 0.6) is 5.75 Å². The Morgan fingerprint density at radius 1 is 1.45 bits per heavy atom. The normalized spacial score (nSPS) is 18.9. The number of nitrogens with zero attached hydrogens (tertiary/aromatic N) is 1. The molecule has 0 saturated carbocycles. The van der Waals surface area contributed by atoms with Crippen molar-refractivity contribution in [3.8, 4) is 5.75 Å². The minimum Gasteiger partial charge on any atom is -0.493 e. The molecule has 1 aromatic carbocycles. The molecule has 1 heterocycles. The Kier molecular flexibility index (Phi) is 5.59. The number of thioether (sulfide) groups is 1. The van der Waals surface area contributed by atoms with Crippen molar-refractivity contribution in [1.82, 2.24) is 4.90 Å². The largest absolute Gasteiger partial charge is 0.493 e. The average Bonchev–Trinajstić information content (AvgIpc) is 2.49. The fraction of sp³-hybridized carbons (Fsp3) is 0.533. The van der Waals surface area contributed by atoms with E-state index in [1.54, 1.807) is 12.1 Å². The zero-order valence-electron chi connectivity index (χ0n) is 11.9. The van der Waals surface area contributed by atoms with Crippen LogP contribution in [0.2, 0.25) is 0 Å². The zero-order chi connectivity index (χ0) is 14.4. The third kappa shape index (κ3) is 4.34. The quantitative estimate of drug-likeness (QED) is 0.847. The van der Waals surface area contributed by atoms with Crippen LogP contribution in [0.15, 0.2) is 24.3 Å². The van der Waals surface area contributed by atoms with Gasteiger partial charge in [-0.2, -0.15) is 11.8 Å². The molecule has 0 aliphatic carbocycles. The van der Waals surface area contributed by atoms with E-state index in [4.69, 9.17) is 10.5 Å². The number of anilines is 1. The predicted molar refractivity (Wildman–Crippen MR) is 84.1 cm³/mol. The van der Waals surface area contributed by atoms with E-state index < -0.39 is 0 Å². The summed E-state index contributed by atoms with van der Waals surface area (Å²) in [5, 5.41) is 0.589. The Morgan fingerprint density at radius 2 is 2.20 bits per heavy atom. The Hall–Kier alpha value is -1.36. The lowest BCUT2D eigenvalue weighted by Crippen LogP contribution is -2.42. The number of rotatable bonds is 5. The summed E-state index contributed by atoms with van der Waals surface area (Å²) < 4.78 is 5.57. The van der Waals surface area contributed by atoms with Crippen molar-refractivity contribution in [1.29, 1.82) is 0 Å². The highest BCUT2D eigenvalue weighted by Gasteiger charge is 2.22. The number of carbonyl (C=O) groups is 1. The van der Waals surface area contributed by atoms with E-state index in [-0.39, 0.29) is 5.91 Å². The van der Waals surface area contributed by atoms with Gasteiger partial charge in [-0.05, 0) is 30.7 Å². The molecule has 0 aromatic heterocycles. The summed E-state index contributed by atoms with van der Waals surface area (Å²) in [6.07, 6.45) is 1.56. The van der Waals surface area contributed by atoms with Crippen LogP contribution in [-0.4, -0.2) is 41.5 Å². The molecule has 1 saturated heterocycles. The number of ether oxygens (including phenoxy) is 1. The third-order valence-corrected chi connectivity index (χ3v) is 4.78. The molecule has 0 radical (unpaired) electrons. The van der Waals surface area contributed by atoms with Gasteiger partial charge in [0, 0.05) is 29.8 Å². The minimum absolute atomic E-state index is 0.194. The Labute approximate surface area is 124 Å². The van der Waals surface area contributed by atoms with E-state index in [2.05, 4.69) is 6.92 Å². The van der Waals surface area contributed by atoms with Crippen LogP contribution in [0.1, 0.15) is 19.8 Å². The molecule has 20 heavy (non-hydrogen) atoms. The van der Waals surface area contributed by atoms with Gasteiger partial charge in [0.05, 0.1) is 13.0 Å². The lowest BCUT2D eigenvalue weighted by Gasteiger charge is -2.32. The first-order valence-corrected chi connectivity index (χ1v) is 8.11. The summed E-state index contributed by atoms with van der Waals surface area (Å²) in [7, 11) is 0. The van der Waals surface area contributed by atoms with Crippen molar-refractivity contribution in [3.63, 3.8) is 0 Å². The van der Waals surface area contributed by atoms with Gasteiger partial charge in [0.25, 0.3) is 0 Å². The van der Waals surface area contributed by atoms with Gasteiger partial charge in [-0.1, -0.05) is 6.92 Å². The third-order valence-electron chi connectivity index (χ3n) is 3.41. The second kappa shape index (κ2) is 7.43. The topological polar surface area (TPSA) is 55.6 Å². The smallest absolute Gasteiger partial charge is 0.226 e. The van der Waals surface area contributed by atoms with Crippen molar-refractivity contribution >= 4 is 23.4 Å². The SMILES string of the molecule is CCC1CN(C(=O)CCOc2ccc(N)cc2)CCS1. The van der Waals surface area contributed by atoms with Crippen molar-refractivity contribution in [3.05, 3.63) is 24.3 Å². The fourth-order valence-electron chi connectivity index (χ4n) is 2.17. The van der Waals surface area contributed by atoms with Crippen LogP contribution in [0.3, 0.4) is 0 Å². The summed E-state index contributed by atoms with van der Waals surface area (Å²) in [6.45, 7) is 4.34. The summed E-state index contributed by atoms with van der Waals surface area (Å²) in [5.41, 5.74) is 6.32. The zero-order valence-corrected chi connectivity index (χ0v) is 12.7. The van der Waals surface area contributed by atoms with Crippen LogP contribution < -0.4 is 10.5 Å². The highest BCUT2D eigenvalue weighted by atomic mass is 32.2. The standard InChI is InChI=1S/C15H22N2O2S/c1-2-14-11-17(8-10-20-14)15(18)7-9-19-13-5-3-12(16)4-6-13/h3-6,14H,2,7-11,16H2,1H3. The fourth-order valence-corrected chi connectivity index (χ4v) is 3.35. The highest BCUT2D eigenvalue weighted by Crippen LogP contribution is 2.21. The number of amides is 1. The van der Waals surface area contributed by atoms with Gasteiger partial charge in [-0.15, -0.1) is 0 Å². The Bertz CT molecular complexity index is 436. The second-order valence-corrected chi connectivity index (χ2v) is 6.32. The molecule has 110 valence electrons. The summed E-state index contributed by atoms with van der Waals surface area (Å²) in [6, 6.07) is 7.24. The van der Waals surface area contributed by atoms with Crippen LogP contribution >= 0.6 is 11.8 Å².